The third-order valence-electron chi connectivity index (χ3n) is 29.3. The van der Waals surface area contributed by atoms with E-state index in [4.69, 9.17) is 43.5 Å². The lowest BCUT2D eigenvalue weighted by atomic mass is 9.78. The SMILES string of the molecule is C=CCc1c(O)ccc(Br)c1C=O.C=CCc1c(OCc2ccccc2)ccc(Br)c1C(O)C#CCC[C@H](CCCCC)O[Si](C)(C)C(C)(C)C.C=CCc1c(OCc2ccccc2)ccc(Br)c1C=O.CCCCC[C@@H](CCC#C[Si](C)(C)C)O[Si](C)(C)C(C)(C)C.CCCCC[C@@H](CCC1=C2C(CC1=O)Cc1c(OCc3ccccc3)ccc(Br)c1C2O)O[Si](C)(C)C(C)(C)C.CCCCC[C@@H](CCl)O[Si](C)(C)C(C)(C)C. The Bertz CT molecular complexity index is 5380. The van der Waals surface area contributed by atoms with Crippen molar-refractivity contribution in [3.05, 3.63) is 268 Å². The summed E-state index contributed by atoms with van der Waals surface area (Å²) in [6, 6.07) is 44.8. The number of alkyl halides is 1. The van der Waals surface area contributed by atoms with Gasteiger partial charge in [-0.15, -0.1) is 48.7 Å². The summed E-state index contributed by atoms with van der Waals surface area (Å²) in [5.74, 6) is 13.0. The Morgan fingerprint density at radius 3 is 1.18 bits per heavy atom. The van der Waals surface area contributed by atoms with Crippen LogP contribution in [-0.4, -0.2) is 105 Å². The number of hydrogen-bond acceptors (Lipinski definition) is 13. The zero-order chi connectivity index (χ0) is 112. The van der Waals surface area contributed by atoms with Crippen LogP contribution < -0.4 is 14.2 Å². The zero-order valence-corrected chi connectivity index (χ0v) is 108. The predicted molar refractivity (Wildman–Crippen MR) is 659 cm³/mol. The van der Waals surface area contributed by atoms with E-state index in [-0.39, 0.29) is 50.9 Å². The highest BCUT2D eigenvalue weighted by Crippen LogP contribution is 2.52. The number of phenols is 1. The number of fused-ring (bicyclic) bond motifs is 2. The van der Waals surface area contributed by atoms with Gasteiger partial charge >= 0.3 is 0 Å². The fraction of sp³-hybridized carbons (Fsp3) is 0.548. The number of aromatic hydroxyl groups is 1. The summed E-state index contributed by atoms with van der Waals surface area (Å²) < 4.78 is 48.0. The number of halogens is 5. The molecule has 0 aromatic heterocycles. The molecule has 0 saturated carbocycles. The maximum atomic E-state index is 13.4. The number of aliphatic hydroxyl groups is 2. The molecule has 0 radical (unpaired) electrons. The molecule has 824 valence electrons. The predicted octanol–water partition coefficient (Wildman–Crippen LogP) is 37.9. The Morgan fingerprint density at radius 1 is 0.436 bits per heavy atom. The van der Waals surface area contributed by atoms with Crippen molar-refractivity contribution in [2.75, 3.05) is 5.88 Å². The second kappa shape index (κ2) is 67.1. The van der Waals surface area contributed by atoms with Crippen molar-refractivity contribution in [3.8, 4) is 46.3 Å². The molecule has 0 spiro atoms. The summed E-state index contributed by atoms with van der Waals surface area (Å²) in [5.41, 5.74) is 14.6. The molecule has 23 heteroatoms. The minimum Gasteiger partial charge on any atom is -0.508 e. The molecular formula is C126H187Br4ClO13Si5. The Kier molecular flexibility index (Phi) is 60.9. The summed E-state index contributed by atoms with van der Waals surface area (Å²) >= 11 is 20.0. The van der Waals surface area contributed by atoms with Crippen LogP contribution >= 0.6 is 75.3 Å². The quantitative estimate of drug-likeness (QED) is 0.00821. The van der Waals surface area contributed by atoms with Gasteiger partial charge in [-0.25, -0.2) is 0 Å². The molecular weight excluding hydrogens is 2220 g/mol. The standard InChI is InChI=1S/C34H47BrO4Si.C33H47BrO3Si.C19H40OSi2.C17H15BrO2.C13H29ClOSi.C10H9BrO2/c1-7-8-10-15-25(39-40(5,6)34(2,3)4)16-17-26-29(36)21-24-20-27-30(38-22-23-13-11-9-12-14-23)19-18-28(35)32(27)33(37)31(24)26;1-8-10-12-20-27(37-38(6,7)33(3,4)5)21-15-16-22-30(35)32-28(17-9-2)31(24-23-29(32)34)36-25-26-18-13-11-14-19-26;1-10-11-12-15-18(16-13-14-17-21(5,6)7)20-22(8,9)19(2,3)4;1-2-6-14-15(11-19)16(18)9-10-17(14)20-12-13-7-4-3-5-8-13;1-7-8-9-10-12(11-14)15-16(5,6)13(2,3)4;1-2-3-7-8(6-12)9(11)4-5-10(7)13/h9,11-14,18-19,24-25,33,37H,7-8,10,15-17,20-22H2,1-6H3;9,11,13-14,18-19,23-24,27,30,35H,2,8,10,12,15,17,20-21,25H2,1,3-7H3;18H,10-13,15-16H2,1-9H3;2-5,7-11H,1,6,12H2;12H,7-11H2,1-6H3;2,4-6,13H,1,3H2/t24?,25-,33?;27-,30?;18-;;12-;/m000.0./s1. The highest BCUT2D eigenvalue weighted by atomic mass is 79.9. The lowest BCUT2D eigenvalue weighted by molar-refractivity contribution is -0.115. The van der Waals surface area contributed by atoms with E-state index in [2.05, 4.69) is 290 Å². The van der Waals surface area contributed by atoms with Gasteiger partial charge in [-0.05, 0) is 232 Å². The summed E-state index contributed by atoms with van der Waals surface area (Å²) in [6.45, 7) is 74.6. The number of carbonyl (C=O) groups is 3. The van der Waals surface area contributed by atoms with E-state index in [1.165, 1.54) is 77.0 Å². The number of allylic oxidation sites excluding steroid dienone is 4. The number of benzene rings is 7. The minimum atomic E-state index is -1.93. The number of ketones is 1. The molecule has 13 nitrogen and oxygen atoms in total. The molecule has 149 heavy (non-hydrogen) atoms. The molecule has 3 unspecified atom stereocenters. The van der Waals surface area contributed by atoms with Gasteiger partial charge in [-0.2, -0.15) is 0 Å². The van der Waals surface area contributed by atoms with Crippen LogP contribution in [0.5, 0.6) is 23.0 Å². The van der Waals surface area contributed by atoms with Crippen molar-refractivity contribution >= 4 is 135 Å². The first kappa shape index (κ1) is 135. The molecule has 0 bridgehead atoms. The van der Waals surface area contributed by atoms with E-state index in [0.29, 0.717) is 103 Å². The van der Waals surface area contributed by atoms with Gasteiger partial charge in [0.1, 0.15) is 63.1 Å². The fourth-order valence-corrected chi connectivity index (χ4v) is 25.2. The van der Waals surface area contributed by atoms with Crippen LogP contribution in [0.3, 0.4) is 0 Å². The van der Waals surface area contributed by atoms with Crippen LogP contribution in [0, 0.1) is 29.2 Å². The van der Waals surface area contributed by atoms with E-state index in [0.717, 1.165) is 150 Å². The van der Waals surface area contributed by atoms with E-state index in [1.807, 2.05) is 133 Å². The van der Waals surface area contributed by atoms with Gasteiger partial charge < -0.3 is 47.2 Å². The Morgan fingerprint density at radius 2 is 0.785 bits per heavy atom. The first-order valence-corrected chi connectivity index (χ1v) is 73.4. The Labute approximate surface area is 947 Å². The van der Waals surface area contributed by atoms with E-state index in [9.17, 15) is 29.7 Å². The average molecular weight is 2410 g/mol. The molecule has 0 aliphatic heterocycles. The maximum Gasteiger partial charge on any atom is 0.192 e. The first-order valence-electron chi connectivity index (χ1n) is 54.6. The summed E-state index contributed by atoms with van der Waals surface area (Å²) in [6.07, 6.45) is 33.4. The third kappa shape index (κ3) is 46.7. The van der Waals surface area contributed by atoms with Crippen LogP contribution in [0.4, 0.5) is 0 Å². The van der Waals surface area contributed by atoms with Crippen LogP contribution in [-0.2, 0) is 68.0 Å². The normalized spacial score (nSPS) is 14.7. The lowest BCUT2D eigenvalue weighted by Crippen LogP contribution is -2.44. The number of Topliss-reactive ketones (excluding diaryl/α,β-unsaturated/α-hetero) is 1. The van der Waals surface area contributed by atoms with Gasteiger partial charge in [0.25, 0.3) is 0 Å². The minimum absolute atomic E-state index is 0.0261. The molecule has 0 saturated heterocycles. The first-order chi connectivity index (χ1) is 70.0. The molecule has 0 fully saturated rings. The van der Waals surface area contributed by atoms with Gasteiger partial charge in [0.05, 0.1) is 6.10 Å². The molecule has 2 aliphatic rings. The average Bonchev–Trinajstić information content (AvgIpc) is 1.62. The lowest BCUT2D eigenvalue weighted by Gasteiger charge is -2.39. The van der Waals surface area contributed by atoms with Crippen LogP contribution in [0.15, 0.2) is 207 Å². The number of unbranched alkanes of at least 4 members (excludes halogenated alkanes) is 8. The highest BCUT2D eigenvalue weighted by Gasteiger charge is 2.46. The van der Waals surface area contributed by atoms with Gasteiger partial charge in [-0.1, -0.05) is 386 Å². The largest absolute Gasteiger partial charge is 0.508 e. The van der Waals surface area contributed by atoms with Crippen molar-refractivity contribution in [3.63, 3.8) is 0 Å². The molecule has 0 amide bonds. The molecule has 7 aromatic carbocycles. The van der Waals surface area contributed by atoms with Crippen molar-refractivity contribution in [2.24, 2.45) is 5.92 Å². The van der Waals surface area contributed by atoms with Crippen LogP contribution in [0.25, 0.3) is 0 Å². The van der Waals surface area contributed by atoms with Crippen LogP contribution in [0.1, 0.15) is 341 Å². The monoisotopic (exact) mass is 2400 g/mol. The zero-order valence-electron chi connectivity index (χ0n) is 96.1. The van der Waals surface area contributed by atoms with Crippen molar-refractivity contribution in [1.29, 1.82) is 0 Å². The fourth-order valence-electron chi connectivity index (χ4n) is 16.5. The number of ether oxygens (including phenoxy) is 3. The third-order valence-corrected chi connectivity index (χ3v) is 51.4. The van der Waals surface area contributed by atoms with Crippen molar-refractivity contribution in [1.82, 2.24) is 0 Å². The molecule has 7 aromatic rings. The number of aldehydes is 2. The molecule has 3 N–H and O–H groups in total. The second-order valence-corrected chi connectivity index (χ2v) is 74.2. The summed E-state index contributed by atoms with van der Waals surface area (Å²) in [7, 11) is -8.32. The number of carbonyl (C=O) groups excluding carboxylic acids is 3. The van der Waals surface area contributed by atoms with E-state index < -0.39 is 53.6 Å². The Hall–Kier alpha value is -6.12. The van der Waals surface area contributed by atoms with Gasteiger partial charge in [-0.3, -0.25) is 14.4 Å². The van der Waals surface area contributed by atoms with Crippen molar-refractivity contribution in [2.45, 2.75) is 433 Å². The van der Waals surface area contributed by atoms with E-state index in [1.54, 1.807) is 24.3 Å². The number of hydrogen-bond donors (Lipinski definition) is 3. The van der Waals surface area contributed by atoms with E-state index >= 15 is 0 Å². The van der Waals surface area contributed by atoms with Gasteiger partial charge in [0.15, 0.2) is 51.6 Å². The Balaban J connectivity index is 0.000000390. The number of phenolic OH excluding ortho intramolecular Hbond substituents is 1. The van der Waals surface area contributed by atoms with Gasteiger partial charge in [0.2, 0.25) is 0 Å². The molecule has 9 rings (SSSR count). The number of rotatable bonds is 50. The second-order valence-electron chi connectivity index (χ2n) is 46.7. The summed E-state index contributed by atoms with van der Waals surface area (Å²) in [5, 5.41) is 33.2. The van der Waals surface area contributed by atoms with Gasteiger partial charge in [0, 0.05) is 106 Å². The smallest absolute Gasteiger partial charge is 0.192 e. The molecule has 7 atom stereocenters. The molecule has 2 aliphatic carbocycles. The number of aliphatic hydroxyl groups excluding tert-OH is 2. The maximum absolute atomic E-state index is 13.4. The highest BCUT2D eigenvalue weighted by molar-refractivity contribution is 9.11. The topological polar surface area (TPSA) is 177 Å². The van der Waals surface area contributed by atoms with Crippen LogP contribution in [0.2, 0.25) is 92.2 Å². The summed E-state index contributed by atoms with van der Waals surface area (Å²) in [4.78, 5) is 35.3. The van der Waals surface area contributed by atoms with Crippen molar-refractivity contribution < 1.29 is 61.6 Å². The molecule has 0 heterocycles.